The molecule has 0 aliphatic carbocycles. The number of carbonyl (C=O) groups is 2. The van der Waals surface area contributed by atoms with Crippen molar-refractivity contribution in [2.45, 2.75) is 26.3 Å². The number of aliphatic carboxylic acids is 1. The Morgan fingerprint density at radius 2 is 1.75 bits per heavy atom. The smallest absolute Gasteiger partial charge is 0.306 e. The number of benzene rings is 2. The minimum absolute atomic E-state index is 0.0470. The van der Waals surface area contributed by atoms with E-state index in [1.165, 1.54) is 11.1 Å². The van der Waals surface area contributed by atoms with Gasteiger partial charge in [-0.2, -0.15) is 0 Å². The third kappa shape index (κ3) is 5.14. The highest BCUT2D eigenvalue weighted by Crippen LogP contribution is 2.23. The van der Waals surface area contributed by atoms with E-state index in [1.807, 2.05) is 42.6 Å². The van der Waals surface area contributed by atoms with Crippen molar-refractivity contribution in [3.63, 3.8) is 0 Å². The molecule has 0 radical (unpaired) electrons. The monoisotopic (exact) mass is 429 g/mol. The van der Waals surface area contributed by atoms with Crippen LogP contribution in [0.1, 0.15) is 34.3 Å². The molecule has 1 aliphatic rings. The second kappa shape index (κ2) is 9.64. The summed E-state index contributed by atoms with van der Waals surface area (Å²) in [5, 5.41) is 12.5. The van der Waals surface area contributed by atoms with Crippen molar-refractivity contribution >= 4 is 17.7 Å². The second-order valence-corrected chi connectivity index (χ2v) is 8.26. The molecule has 1 aromatic heterocycles. The van der Waals surface area contributed by atoms with E-state index in [1.54, 1.807) is 4.90 Å². The van der Waals surface area contributed by atoms with Crippen LogP contribution in [0.4, 0.5) is 5.82 Å². The Balaban J connectivity index is 1.35. The SMILES string of the molecule is Cc1cccc(CNc2ccc(-c3ccc(C(=O)N4CCC(C(=O)O)CC4)cc3)cn2)c1. The van der Waals surface area contributed by atoms with Crippen molar-refractivity contribution in [2.75, 3.05) is 18.4 Å². The number of aryl methyl sites for hydroxylation is 1. The Kier molecular flexibility index (Phi) is 6.50. The topological polar surface area (TPSA) is 82.5 Å². The minimum atomic E-state index is -0.772. The van der Waals surface area contributed by atoms with E-state index < -0.39 is 5.97 Å². The van der Waals surface area contributed by atoms with Crippen molar-refractivity contribution in [3.05, 3.63) is 83.6 Å². The van der Waals surface area contributed by atoms with Crippen LogP contribution in [0.3, 0.4) is 0 Å². The van der Waals surface area contributed by atoms with E-state index in [9.17, 15) is 9.59 Å². The molecule has 0 atom stereocenters. The lowest BCUT2D eigenvalue weighted by Crippen LogP contribution is -2.40. The first kappa shape index (κ1) is 21.6. The molecule has 1 aliphatic heterocycles. The zero-order valence-electron chi connectivity index (χ0n) is 18.1. The summed E-state index contributed by atoms with van der Waals surface area (Å²) in [6.07, 6.45) is 2.84. The molecule has 0 bridgehead atoms. The summed E-state index contributed by atoms with van der Waals surface area (Å²) in [6, 6.07) is 19.8. The van der Waals surface area contributed by atoms with Gasteiger partial charge in [0.05, 0.1) is 5.92 Å². The third-order valence-corrected chi connectivity index (χ3v) is 5.92. The van der Waals surface area contributed by atoms with Gasteiger partial charge in [0.1, 0.15) is 5.82 Å². The lowest BCUT2D eigenvalue weighted by Gasteiger charge is -2.30. The number of aromatic nitrogens is 1. The van der Waals surface area contributed by atoms with Crippen LogP contribution in [0.15, 0.2) is 66.9 Å². The number of hydrogen-bond donors (Lipinski definition) is 2. The fraction of sp³-hybridized carbons (Fsp3) is 0.269. The molecular formula is C26H27N3O3. The number of anilines is 1. The van der Waals surface area contributed by atoms with Crippen LogP contribution < -0.4 is 5.32 Å². The minimum Gasteiger partial charge on any atom is -0.481 e. The van der Waals surface area contributed by atoms with Gasteiger partial charge in [0.25, 0.3) is 5.91 Å². The summed E-state index contributed by atoms with van der Waals surface area (Å²) in [5.74, 6) is -0.351. The fourth-order valence-corrected chi connectivity index (χ4v) is 4.00. The van der Waals surface area contributed by atoms with Crippen LogP contribution in [0.5, 0.6) is 0 Å². The maximum atomic E-state index is 12.7. The molecule has 164 valence electrons. The highest BCUT2D eigenvalue weighted by molar-refractivity contribution is 5.95. The molecule has 3 aromatic rings. The molecule has 6 heteroatoms. The lowest BCUT2D eigenvalue weighted by molar-refractivity contribution is -0.143. The number of rotatable bonds is 6. The van der Waals surface area contributed by atoms with Crippen LogP contribution in [-0.4, -0.2) is 40.0 Å². The summed E-state index contributed by atoms with van der Waals surface area (Å²) in [6.45, 7) is 3.77. The van der Waals surface area contributed by atoms with Crippen LogP contribution in [0.2, 0.25) is 0 Å². The predicted molar refractivity (Wildman–Crippen MR) is 124 cm³/mol. The van der Waals surface area contributed by atoms with E-state index in [0.29, 0.717) is 38.0 Å². The number of hydrogen-bond acceptors (Lipinski definition) is 4. The van der Waals surface area contributed by atoms with Gasteiger partial charge in [0.2, 0.25) is 0 Å². The predicted octanol–water partition coefficient (Wildman–Crippen LogP) is 4.61. The zero-order chi connectivity index (χ0) is 22.5. The molecule has 0 spiro atoms. The maximum absolute atomic E-state index is 12.7. The third-order valence-electron chi connectivity index (χ3n) is 5.92. The van der Waals surface area contributed by atoms with Crippen LogP contribution >= 0.6 is 0 Å². The number of carbonyl (C=O) groups excluding carboxylic acids is 1. The number of pyridine rings is 1. The van der Waals surface area contributed by atoms with Crippen molar-refractivity contribution in [1.82, 2.24) is 9.88 Å². The molecule has 0 unspecified atom stereocenters. The summed E-state index contributed by atoms with van der Waals surface area (Å²) in [7, 11) is 0. The number of carboxylic acid groups (broad SMARTS) is 1. The number of likely N-dealkylation sites (tertiary alicyclic amines) is 1. The van der Waals surface area contributed by atoms with Gasteiger partial charge in [-0.3, -0.25) is 9.59 Å². The van der Waals surface area contributed by atoms with Gasteiger partial charge < -0.3 is 15.3 Å². The number of carboxylic acids is 1. The Morgan fingerprint density at radius 1 is 1.03 bits per heavy atom. The van der Waals surface area contributed by atoms with Crippen LogP contribution in [0.25, 0.3) is 11.1 Å². The second-order valence-electron chi connectivity index (χ2n) is 8.26. The first-order chi connectivity index (χ1) is 15.5. The van der Waals surface area contributed by atoms with Gasteiger partial charge in [-0.05, 0) is 55.2 Å². The highest BCUT2D eigenvalue weighted by Gasteiger charge is 2.27. The van der Waals surface area contributed by atoms with Gasteiger partial charge in [-0.25, -0.2) is 4.98 Å². The largest absolute Gasteiger partial charge is 0.481 e. The Labute approximate surface area is 187 Å². The van der Waals surface area contributed by atoms with Crippen molar-refractivity contribution < 1.29 is 14.7 Å². The molecule has 2 aromatic carbocycles. The van der Waals surface area contributed by atoms with Crippen LogP contribution in [0, 0.1) is 12.8 Å². The maximum Gasteiger partial charge on any atom is 0.306 e. The van der Waals surface area contributed by atoms with E-state index in [0.717, 1.165) is 16.9 Å². The molecule has 1 amide bonds. The molecule has 2 N–H and O–H groups in total. The van der Waals surface area contributed by atoms with Crippen molar-refractivity contribution in [2.24, 2.45) is 5.92 Å². The standard InChI is InChI=1S/C26H27N3O3/c1-18-3-2-4-19(15-18)16-27-24-10-9-23(17-28-24)20-5-7-21(8-6-20)25(30)29-13-11-22(12-14-29)26(31)32/h2-10,15,17,22H,11-14,16H2,1H3,(H,27,28)(H,31,32). The lowest BCUT2D eigenvalue weighted by atomic mass is 9.96. The van der Waals surface area contributed by atoms with Crippen molar-refractivity contribution in [3.8, 4) is 11.1 Å². The summed E-state index contributed by atoms with van der Waals surface area (Å²) < 4.78 is 0. The molecule has 1 fully saturated rings. The van der Waals surface area contributed by atoms with Gasteiger partial charge in [-0.1, -0.05) is 42.0 Å². The Bertz CT molecular complexity index is 1090. The molecule has 4 rings (SSSR count). The van der Waals surface area contributed by atoms with E-state index in [4.69, 9.17) is 5.11 Å². The van der Waals surface area contributed by atoms with Gasteiger partial charge in [0, 0.05) is 37.0 Å². The number of piperidine rings is 1. The average molecular weight is 430 g/mol. The van der Waals surface area contributed by atoms with Gasteiger partial charge >= 0.3 is 5.97 Å². The quantitative estimate of drug-likeness (QED) is 0.598. The Hall–Kier alpha value is -3.67. The van der Waals surface area contributed by atoms with E-state index >= 15 is 0 Å². The average Bonchev–Trinajstić information content (AvgIpc) is 2.83. The molecular weight excluding hydrogens is 402 g/mol. The molecule has 2 heterocycles. The summed E-state index contributed by atoms with van der Waals surface area (Å²) in [4.78, 5) is 30.1. The zero-order valence-corrected chi connectivity index (χ0v) is 18.1. The first-order valence-electron chi connectivity index (χ1n) is 10.9. The van der Waals surface area contributed by atoms with E-state index in [-0.39, 0.29) is 11.8 Å². The van der Waals surface area contributed by atoms with Gasteiger partial charge in [-0.15, -0.1) is 0 Å². The molecule has 0 saturated carbocycles. The summed E-state index contributed by atoms with van der Waals surface area (Å²) >= 11 is 0. The molecule has 6 nitrogen and oxygen atoms in total. The van der Waals surface area contributed by atoms with E-state index in [2.05, 4.69) is 41.5 Å². The highest BCUT2D eigenvalue weighted by atomic mass is 16.4. The van der Waals surface area contributed by atoms with Crippen LogP contribution in [-0.2, 0) is 11.3 Å². The van der Waals surface area contributed by atoms with Crippen molar-refractivity contribution in [1.29, 1.82) is 0 Å². The molecule has 1 saturated heterocycles. The Morgan fingerprint density at radius 3 is 2.38 bits per heavy atom. The first-order valence-corrected chi connectivity index (χ1v) is 10.9. The number of nitrogens with zero attached hydrogens (tertiary/aromatic N) is 2. The number of amides is 1. The molecule has 32 heavy (non-hydrogen) atoms. The summed E-state index contributed by atoms with van der Waals surface area (Å²) in [5.41, 5.74) is 5.03. The normalized spacial score (nSPS) is 14.2. The fourth-order valence-electron chi connectivity index (χ4n) is 4.00. The van der Waals surface area contributed by atoms with Gasteiger partial charge in [0.15, 0.2) is 0 Å². The number of nitrogens with one attached hydrogen (secondary N) is 1.